The maximum absolute atomic E-state index is 9.97. The first-order valence-corrected chi connectivity index (χ1v) is 3.59. The van der Waals surface area contributed by atoms with E-state index in [-0.39, 0.29) is 11.5 Å². The largest absolute Gasteiger partial charge is 0.397 e. The van der Waals surface area contributed by atoms with Gasteiger partial charge < -0.3 is 11.5 Å². The third-order valence-electron chi connectivity index (χ3n) is 1.21. The number of nitrogen functional groups attached to an aromatic ring is 2. The van der Waals surface area contributed by atoms with Gasteiger partial charge in [0.2, 0.25) is 11.5 Å². The number of anilines is 2. The zero-order valence-electron chi connectivity index (χ0n) is 5.65. The molecule has 1 aromatic carbocycles. The molecule has 0 saturated carbocycles. The van der Waals surface area contributed by atoms with Crippen LogP contribution in [0, 0.1) is 0 Å². The van der Waals surface area contributed by atoms with Gasteiger partial charge in [0.15, 0.2) is 0 Å². The van der Waals surface area contributed by atoms with Gasteiger partial charge in [0.1, 0.15) is 0 Å². The molecular formula is C6H7N3OS. The molecule has 0 amide bonds. The van der Waals surface area contributed by atoms with Crippen molar-refractivity contribution in [3.8, 4) is 0 Å². The first-order chi connectivity index (χ1) is 5.24. The van der Waals surface area contributed by atoms with Crippen LogP contribution in [0.5, 0.6) is 0 Å². The Morgan fingerprint density at radius 2 is 2.00 bits per heavy atom. The molecule has 0 radical (unpaired) electrons. The SMILES string of the molecule is Nc1ccc(N=S=O)cc1N. The van der Waals surface area contributed by atoms with Crippen molar-refractivity contribution < 1.29 is 4.21 Å². The summed E-state index contributed by atoms with van der Waals surface area (Å²) >= 11 is 0.148. The normalized spacial score (nSPS) is 9.09. The van der Waals surface area contributed by atoms with E-state index in [9.17, 15) is 4.21 Å². The molecule has 5 heteroatoms. The monoisotopic (exact) mass is 169 g/mol. The molecule has 1 rings (SSSR count). The van der Waals surface area contributed by atoms with E-state index in [4.69, 9.17) is 11.5 Å². The van der Waals surface area contributed by atoms with Gasteiger partial charge in [-0.3, -0.25) is 0 Å². The van der Waals surface area contributed by atoms with E-state index < -0.39 is 0 Å². The van der Waals surface area contributed by atoms with Crippen molar-refractivity contribution in [3.05, 3.63) is 18.2 Å². The van der Waals surface area contributed by atoms with E-state index in [1.807, 2.05) is 0 Å². The van der Waals surface area contributed by atoms with E-state index >= 15 is 0 Å². The predicted octanol–water partition coefficient (Wildman–Crippen LogP) is 0.879. The lowest BCUT2D eigenvalue weighted by Gasteiger charge is -1.97. The highest BCUT2D eigenvalue weighted by Crippen LogP contribution is 2.21. The van der Waals surface area contributed by atoms with Crippen molar-refractivity contribution in [1.29, 1.82) is 0 Å². The Labute approximate surface area is 67.5 Å². The zero-order valence-corrected chi connectivity index (χ0v) is 6.47. The van der Waals surface area contributed by atoms with Gasteiger partial charge in [-0.25, -0.2) is 0 Å². The van der Waals surface area contributed by atoms with Crippen LogP contribution < -0.4 is 11.5 Å². The molecule has 0 atom stereocenters. The van der Waals surface area contributed by atoms with Crippen LogP contribution in [0.3, 0.4) is 0 Å². The fourth-order valence-corrected chi connectivity index (χ4v) is 0.862. The Balaban J connectivity index is 3.14. The molecule has 4 nitrogen and oxygen atoms in total. The summed E-state index contributed by atoms with van der Waals surface area (Å²) in [6, 6.07) is 4.81. The van der Waals surface area contributed by atoms with Gasteiger partial charge in [0, 0.05) is 0 Å². The molecule has 0 spiro atoms. The van der Waals surface area contributed by atoms with Crippen LogP contribution in [0.15, 0.2) is 22.6 Å². The fraction of sp³-hybridized carbons (Fsp3) is 0. The summed E-state index contributed by atoms with van der Waals surface area (Å²) < 4.78 is 13.5. The average Bonchev–Trinajstić information content (AvgIpc) is 1.98. The lowest BCUT2D eigenvalue weighted by molar-refractivity contribution is 0.698. The first-order valence-electron chi connectivity index (χ1n) is 2.89. The van der Waals surface area contributed by atoms with Gasteiger partial charge in [-0.1, -0.05) is 0 Å². The predicted molar refractivity (Wildman–Crippen MR) is 45.5 cm³/mol. The first kappa shape index (κ1) is 7.74. The molecule has 0 aliphatic heterocycles. The Kier molecular flexibility index (Phi) is 2.22. The van der Waals surface area contributed by atoms with Crippen LogP contribution in [-0.2, 0) is 11.5 Å². The number of rotatable bonds is 1. The van der Waals surface area contributed by atoms with Gasteiger partial charge in [0.25, 0.3) is 0 Å². The average molecular weight is 169 g/mol. The van der Waals surface area contributed by atoms with E-state index in [1.54, 1.807) is 18.2 Å². The van der Waals surface area contributed by atoms with Crippen LogP contribution in [0.4, 0.5) is 17.1 Å². The zero-order chi connectivity index (χ0) is 8.27. The second kappa shape index (κ2) is 3.16. The van der Waals surface area contributed by atoms with E-state index in [0.717, 1.165) is 0 Å². The Hall–Kier alpha value is -1.36. The van der Waals surface area contributed by atoms with E-state index in [1.165, 1.54) is 0 Å². The van der Waals surface area contributed by atoms with Gasteiger partial charge in [-0.15, -0.1) is 0 Å². The summed E-state index contributed by atoms with van der Waals surface area (Å²) in [5.74, 6) is 0. The lowest BCUT2D eigenvalue weighted by Crippen LogP contribution is -1.92. The molecule has 0 heterocycles. The van der Waals surface area contributed by atoms with Crippen LogP contribution >= 0.6 is 0 Å². The van der Waals surface area contributed by atoms with Gasteiger partial charge in [-0.05, 0) is 18.2 Å². The minimum atomic E-state index is 0.148. The minimum absolute atomic E-state index is 0.148. The topological polar surface area (TPSA) is 81.5 Å². The molecule has 0 bridgehead atoms. The number of benzene rings is 1. The van der Waals surface area contributed by atoms with Crippen molar-refractivity contribution in [2.24, 2.45) is 4.36 Å². The quantitative estimate of drug-likeness (QED) is 0.612. The molecule has 0 fully saturated rings. The van der Waals surface area contributed by atoms with Crippen molar-refractivity contribution in [3.63, 3.8) is 0 Å². The van der Waals surface area contributed by atoms with E-state index in [2.05, 4.69) is 4.36 Å². The molecule has 4 N–H and O–H groups in total. The highest BCUT2D eigenvalue weighted by Gasteiger charge is 1.94. The summed E-state index contributed by atoms with van der Waals surface area (Å²) in [6.07, 6.45) is 0. The third kappa shape index (κ3) is 1.78. The van der Waals surface area contributed by atoms with Crippen LogP contribution in [0.25, 0.3) is 0 Å². The third-order valence-corrected chi connectivity index (χ3v) is 1.50. The number of nitrogens with two attached hydrogens (primary N) is 2. The van der Waals surface area contributed by atoms with Crippen LogP contribution in [0.1, 0.15) is 0 Å². The van der Waals surface area contributed by atoms with Gasteiger partial charge in [0.05, 0.1) is 17.1 Å². The standard InChI is InChI=1S/C6H7N3OS/c7-5-2-1-4(9-11-10)3-6(5)8/h1-3H,7-8H2. The smallest absolute Gasteiger partial charge is 0.205 e. The summed E-state index contributed by atoms with van der Waals surface area (Å²) in [5.41, 5.74) is 12.4. The highest BCUT2D eigenvalue weighted by molar-refractivity contribution is 7.54. The number of hydrogen-bond donors (Lipinski definition) is 2. The number of hydrogen-bond acceptors (Lipinski definition) is 4. The maximum atomic E-state index is 9.97. The maximum Gasteiger partial charge on any atom is 0.205 e. The highest BCUT2D eigenvalue weighted by atomic mass is 32.1. The molecule has 58 valence electrons. The second-order valence-corrected chi connectivity index (χ2v) is 2.31. The molecule has 0 unspecified atom stereocenters. The Morgan fingerprint density at radius 3 is 2.55 bits per heavy atom. The molecule has 0 aliphatic rings. The van der Waals surface area contributed by atoms with Crippen molar-refractivity contribution in [1.82, 2.24) is 0 Å². The minimum Gasteiger partial charge on any atom is -0.397 e. The second-order valence-electron chi connectivity index (χ2n) is 1.98. The summed E-state index contributed by atoms with van der Waals surface area (Å²) in [5, 5.41) is 0. The fourth-order valence-electron chi connectivity index (χ4n) is 0.662. The Morgan fingerprint density at radius 1 is 1.27 bits per heavy atom. The van der Waals surface area contributed by atoms with Crippen molar-refractivity contribution in [2.75, 3.05) is 11.5 Å². The van der Waals surface area contributed by atoms with Gasteiger partial charge in [-0.2, -0.15) is 8.57 Å². The number of nitrogens with zero attached hydrogens (tertiary/aromatic N) is 1. The summed E-state index contributed by atoms with van der Waals surface area (Å²) in [6.45, 7) is 0. The molecule has 0 saturated heterocycles. The lowest BCUT2D eigenvalue weighted by atomic mass is 10.2. The molecule has 11 heavy (non-hydrogen) atoms. The van der Waals surface area contributed by atoms with Gasteiger partial charge >= 0.3 is 0 Å². The molecule has 0 aromatic heterocycles. The van der Waals surface area contributed by atoms with Crippen LogP contribution in [-0.4, -0.2) is 4.21 Å². The van der Waals surface area contributed by atoms with Crippen molar-refractivity contribution in [2.45, 2.75) is 0 Å². The van der Waals surface area contributed by atoms with E-state index in [0.29, 0.717) is 17.1 Å². The summed E-state index contributed by atoms with van der Waals surface area (Å²) in [4.78, 5) is 0. The van der Waals surface area contributed by atoms with Crippen molar-refractivity contribution >= 4 is 28.5 Å². The molecule has 1 aromatic rings. The molecule has 0 aliphatic carbocycles. The summed E-state index contributed by atoms with van der Waals surface area (Å²) in [7, 11) is 0. The Bertz CT molecular complexity index is 320. The van der Waals surface area contributed by atoms with Crippen LogP contribution in [0.2, 0.25) is 0 Å². The molecular weight excluding hydrogens is 162 g/mol.